The lowest BCUT2D eigenvalue weighted by Gasteiger charge is -2.27. The van der Waals surface area contributed by atoms with Crippen molar-refractivity contribution in [2.45, 2.75) is 24.6 Å². The Morgan fingerprint density at radius 1 is 1.26 bits per heavy atom. The lowest BCUT2D eigenvalue weighted by atomic mass is 10.00. The molecule has 0 fully saturated rings. The summed E-state index contributed by atoms with van der Waals surface area (Å²) in [7, 11) is -2.42. The minimum Gasteiger partial charge on any atom is -0.497 e. The molecule has 0 bridgehead atoms. The van der Waals surface area contributed by atoms with E-state index in [0.717, 1.165) is 6.26 Å². The number of hydrogen-bond acceptors (Lipinski definition) is 6. The van der Waals surface area contributed by atoms with Gasteiger partial charge in [-0.2, -0.15) is 0 Å². The number of fused-ring (bicyclic) bond motifs is 1. The molecule has 1 atom stereocenters. The number of carbonyl (C=O) groups excluding carboxylic acids is 2. The van der Waals surface area contributed by atoms with Crippen LogP contribution in [0.3, 0.4) is 0 Å². The van der Waals surface area contributed by atoms with Crippen molar-refractivity contribution in [3.8, 4) is 16.9 Å². The third-order valence-corrected chi connectivity index (χ3v) is 7.76. The number of benzene rings is 2. The molecule has 166 valence electrons. The number of ether oxygens (including phenoxy) is 1. The van der Waals surface area contributed by atoms with Gasteiger partial charge in [-0.1, -0.05) is 6.07 Å². The normalized spacial score (nSPS) is 15.4. The summed E-state index contributed by atoms with van der Waals surface area (Å²) >= 11 is 0. The van der Waals surface area contributed by atoms with Gasteiger partial charge in [-0.15, -0.1) is 0 Å². The lowest BCUT2D eigenvalue weighted by molar-refractivity contribution is -0.131. The van der Waals surface area contributed by atoms with Gasteiger partial charge in [0.2, 0.25) is 0 Å². The summed E-state index contributed by atoms with van der Waals surface area (Å²) in [6.45, 7) is 1.38. The fourth-order valence-electron chi connectivity index (χ4n) is 3.52. The zero-order valence-electron chi connectivity index (χ0n) is 17.3. The maximum atomic E-state index is 14.4. The maximum Gasteiger partial charge on any atom is 0.264 e. The van der Waals surface area contributed by atoms with Gasteiger partial charge >= 0.3 is 0 Å². The molecule has 1 aliphatic rings. The van der Waals surface area contributed by atoms with Gasteiger partial charge in [0.1, 0.15) is 11.6 Å². The molecule has 0 saturated carbocycles. The Morgan fingerprint density at radius 2 is 1.94 bits per heavy atom. The van der Waals surface area contributed by atoms with E-state index in [9.17, 15) is 22.4 Å². The second kappa shape index (κ2) is 8.27. The molecule has 0 aliphatic carbocycles. The van der Waals surface area contributed by atoms with Crippen molar-refractivity contribution in [1.82, 2.24) is 10.4 Å². The van der Waals surface area contributed by atoms with Crippen LogP contribution < -0.4 is 10.2 Å². The standard InChI is InChI=1S/C21H23FN2O6S/c1-21(20(26)23-27,31(3,28)29)8-9-24-12-14-10-13(4-6-17(14)19(24)25)16-7-5-15(30-2)11-18(16)22/h4-7,10-11,27H,8-9,12H2,1-3H3,(H,23,26)/t21-/m0/s1. The van der Waals surface area contributed by atoms with E-state index < -0.39 is 26.3 Å². The summed E-state index contributed by atoms with van der Waals surface area (Å²) in [5, 5.41) is 8.93. The number of rotatable bonds is 7. The van der Waals surface area contributed by atoms with Crippen LogP contribution in [0.25, 0.3) is 11.1 Å². The molecule has 31 heavy (non-hydrogen) atoms. The molecule has 0 unspecified atom stereocenters. The van der Waals surface area contributed by atoms with Crippen molar-refractivity contribution in [3.05, 3.63) is 53.3 Å². The highest BCUT2D eigenvalue weighted by atomic mass is 32.2. The zero-order valence-corrected chi connectivity index (χ0v) is 18.1. The van der Waals surface area contributed by atoms with Gasteiger partial charge in [0.15, 0.2) is 14.6 Å². The van der Waals surface area contributed by atoms with Crippen LogP contribution in [0.1, 0.15) is 29.3 Å². The first-order valence-electron chi connectivity index (χ1n) is 9.42. The highest BCUT2D eigenvalue weighted by molar-refractivity contribution is 7.92. The van der Waals surface area contributed by atoms with E-state index in [1.807, 2.05) is 0 Å². The van der Waals surface area contributed by atoms with Crippen molar-refractivity contribution in [3.63, 3.8) is 0 Å². The summed E-state index contributed by atoms with van der Waals surface area (Å²) in [6, 6.07) is 9.47. The van der Waals surface area contributed by atoms with Gasteiger partial charge in [0.05, 0.1) is 7.11 Å². The van der Waals surface area contributed by atoms with Gasteiger partial charge in [-0.25, -0.2) is 18.3 Å². The fourth-order valence-corrected chi connectivity index (χ4v) is 4.36. The molecule has 2 aromatic carbocycles. The Morgan fingerprint density at radius 3 is 2.52 bits per heavy atom. The molecular weight excluding hydrogens is 427 g/mol. The fraction of sp³-hybridized carbons (Fsp3) is 0.333. The first kappa shape index (κ1) is 22.7. The highest BCUT2D eigenvalue weighted by Gasteiger charge is 2.44. The second-order valence-corrected chi connectivity index (χ2v) is 10.1. The number of halogens is 1. The van der Waals surface area contributed by atoms with E-state index in [4.69, 9.17) is 9.94 Å². The van der Waals surface area contributed by atoms with Crippen LogP contribution in [0.15, 0.2) is 36.4 Å². The van der Waals surface area contributed by atoms with Crippen LogP contribution in [0.4, 0.5) is 4.39 Å². The Balaban J connectivity index is 1.82. The minimum atomic E-state index is -3.87. The molecule has 0 radical (unpaired) electrons. The van der Waals surface area contributed by atoms with Crippen molar-refractivity contribution in [1.29, 1.82) is 0 Å². The molecule has 1 aliphatic heterocycles. The predicted octanol–water partition coefficient (Wildman–Crippen LogP) is 2.16. The average molecular weight is 450 g/mol. The number of nitrogens with zero attached hydrogens (tertiary/aromatic N) is 1. The summed E-state index contributed by atoms with van der Waals surface area (Å²) in [5.74, 6) is -1.43. The van der Waals surface area contributed by atoms with Crippen LogP contribution in [-0.2, 0) is 21.2 Å². The lowest BCUT2D eigenvalue weighted by Crippen LogP contribution is -2.50. The van der Waals surface area contributed by atoms with Crippen molar-refractivity contribution in [2.24, 2.45) is 0 Å². The summed E-state index contributed by atoms with van der Waals surface area (Å²) in [5.41, 5.74) is 3.45. The zero-order chi connectivity index (χ0) is 23.0. The molecule has 2 aromatic rings. The number of sulfone groups is 1. The number of hydroxylamine groups is 1. The predicted molar refractivity (Wildman–Crippen MR) is 111 cm³/mol. The number of carbonyl (C=O) groups is 2. The average Bonchev–Trinajstić information content (AvgIpc) is 3.05. The molecule has 1 heterocycles. The quantitative estimate of drug-likeness (QED) is 0.494. The number of nitrogens with one attached hydrogen (secondary N) is 1. The molecule has 3 rings (SSSR count). The molecule has 0 saturated heterocycles. The highest BCUT2D eigenvalue weighted by Crippen LogP contribution is 2.32. The van der Waals surface area contributed by atoms with E-state index in [2.05, 4.69) is 0 Å². The van der Waals surface area contributed by atoms with Gasteiger partial charge in [-0.3, -0.25) is 14.8 Å². The van der Waals surface area contributed by atoms with Crippen molar-refractivity contribution in [2.75, 3.05) is 19.9 Å². The number of amides is 2. The molecule has 8 nitrogen and oxygen atoms in total. The smallest absolute Gasteiger partial charge is 0.264 e. The van der Waals surface area contributed by atoms with E-state index >= 15 is 0 Å². The Kier molecular flexibility index (Phi) is 6.06. The Labute approximate surface area is 179 Å². The molecule has 0 aromatic heterocycles. The van der Waals surface area contributed by atoms with Gasteiger partial charge in [0.25, 0.3) is 11.8 Å². The first-order valence-corrected chi connectivity index (χ1v) is 11.3. The van der Waals surface area contributed by atoms with E-state index in [1.54, 1.807) is 30.3 Å². The molecule has 10 heteroatoms. The van der Waals surface area contributed by atoms with Gasteiger partial charge in [0, 0.05) is 36.5 Å². The molecular formula is C21H23FN2O6S. The Bertz CT molecular complexity index is 1150. The van der Waals surface area contributed by atoms with Crippen molar-refractivity contribution < 1.29 is 32.3 Å². The third-order valence-electron chi connectivity index (χ3n) is 5.73. The summed E-state index contributed by atoms with van der Waals surface area (Å²) in [6.07, 6.45) is 0.705. The number of hydrogen-bond donors (Lipinski definition) is 2. The first-order chi connectivity index (χ1) is 14.5. The van der Waals surface area contributed by atoms with E-state index in [-0.39, 0.29) is 25.4 Å². The largest absolute Gasteiger partial charge is 0.497 e. The van der Waals surface area contributed by atoms with E-state index in [1.165, 1.54) is 30.5 Å². The number of methoxy groups -OCH3 is 1. The van der Waals surface area contributed by atoms with Crippen LogP contribution in [0, 0.1) is 5.82 Å². The van der Waals surface area contributed by atoms with Crippen LogP contribution >= 0.6 is 0 Å². The molecule has 0 spiro atoms. The SMILES string of the molecule is COc1ccc(-c2ccc3c(c2)CN(CC[C@@](C)(C(=O)NO)S(C)(=O)=O)C3=O)c(F)c1. The molecule has 2 amide bonds. The summed E-state index contributed by atoms with van der Waals surface area (Å²) < 4.78 is 41.8. The van der Waals surface area contributed by atoms with Gasteiger partial charge < -0.3 is 9.64 Å². The third kappa shape index (κ3) is 4.13. The maximum absolute atomic E-state index is 14.4. The van der Waals surface area contributed by atoms with E-state index in [0.29, 0.717) is 28.0 Å². The minimum absolute atomic E-state index is 0.0171. The monoisotopic (exact) mass is 450 g/mol. The van der Waals surface area contributed by atoms with Gasteiger partial charge in [-0.05, 0) is 48.7 Å². The van der Waals surface area contributed by atoms with Crippen LogP contribution in [0.5, 0.6) is 5.75 Å². The van der Waals surface area contributed by atoms with Crippen LogP contribution in [0.2, 0.25) is 0 Å². The second-order valence-electron chi connectivity index (χ2n) is 7.64. The molecule has 2 N–H and O–H groups in total. The topological polar surface area (TPSA) is 113 Å². The summed E-state index contributed by atoms with van der Waals surface area (Å²) in [4.78, 5) is 26.1. The Hall–Kier alpha value is -2.98. The van der Waals surface area contributed by atoms with Crippen LogP contribution in [-0.4, -0.2) is 55.0 Å². The van der Waals surface area contributed by atoms with Crippen molar-refractivity contribution >= 4 is 21.7 Å².